The van der Waals surface area contributed by atoms with Gasteiger partial charge in [0.2, 0.25) is 0 Å². The molecule has 0 radical (unpaired) electrons. The summed E-state index contributed by atoms with van der Waals surface area (Å²) in [7, 11) is 0. The number of aryl methyl sites for hydroxylation is 1. The predicted molar refractivity (Wildman–Crippen MR) is 114 cm³/mol. The highest BCUT2D eigenvalue weighted by Crippen LogP contribution is 2.36. The lowest BCUT2D eigenvalue weighted by atomic mass is 9.89. The van der Waals surface area contributed by atoms with Crippen LogP contribution in [0.15, 0.2) is 35.3 Å². The van der Waals surface area contributed by atoms with Crippen LogP contribution in [0.3, 0.4) is 0 Å². The summed E-state index contributed by atoms with van der Waals surface area (Å²) >= 11 is 1.59. The molecule has 29 heavy (non-hydrogen) atoms. The van der Waals surface area contributed by atoms with Crippen LogP contribution in [0, 0.1) is 5.92 Å². The Kier molecular flexibility index (Phi) is 4.28. The van der Waals surface area contributed by atoms with Crippen LogP contribution in [0.5, 0.6) is 0 Å². The normalized spacial score (nSPS) is 17.4. The Balaban J connectivity index is 1.46. The Hall–Kier alpha value is -2.93. The maximum atomic E-state index is 12.8. The minimum atomic E-state index is -0.661. The number of aromatic nitrogens is 3. The molecule has 0 fully saturated rings. The monoisotopic (exact) mass is 407 g/mol. The van der Waals surface area contributed by atoms with Gasteiger partial charge in [-0.15, -0.1) is 11.3 Å². The number of carbonyl (C=O) groups is 1. The smallest absolute Gasteiger partial charge is 0.341 e. The number of H-pyrrole nitrogens is 2. The van der Waals surface area contributed by atoms with Gasteiger partial charge in [0.15, 0.2) is 11.9 Å². The molecule has 2 atom stereocenters. The summed E-state index contributed by atoms with van der Waals surface area (Å²) in [4.78, 5) is 38.0. The number of benzene rings is 1. The third-order valence-electron chi connectivity index (χ3n) is 5.66. The zero-order chi connectivity index (χ0) is 20.1. The van der Waals surface area contributed by atoms with Crippen molar-refractivity contribution < 1.29 is 9.53 Å². The van der Waals surface area contributed by atoms with E-state index in [1.807, 2.05) is 24.3 Å². The molecule has 0 spiro atoms. The molecular formula is C22H21N3O3S. The van der Waals surface area contributed by atoms with E-state index < -0.39 is 12.1 Å². The number of hydrogen-bond acceptors (Lipinski definition) is 5. The number of para-hydroxylation sites is 1. The van der Waals surface area contributed by atoms with Gasteiger partial charge >= 0.3 is 5.97 Å². The maximum absolute atomic E-state index is 12.8. The van der Waals surface area contributed by atoms with Crippen LogP contribution < -0.4 is 5.56 Å². The Morgan fingerprint density at radius 3 is 3.03 bits per heavy atom. The number of ether oxygens (including phenoxy) is 1. The Morgan fingerprint density at radius 2 is 2.17 bits per heavy atom. The third kappa shape index (κ3) is 3.06. The minimum absolute atomic E-state index is 0.146. The van der Waals surface area contributed by atoms with Crippen molar-refractivity contribution in [3.8, 4) is 0 Å². The molecule has 0 saturated heterocycles. The molecule has 0 bridgehead atoms. The van der Waals surface area contributed by atoms with Crippen molar-refractivity contribution in [1.82, 2.24) is 15.0 Å². The van der Waals surface area contributed by atoms with E-state index in [-0.39, 0.29) is 5.56 Å². The van der Waals surface area contributed by atoms with Gasteiger partial charge in [0, 0.05) is 22.0 Å². The number of rotatable bonds is 3. The first-order chi connectivity index (χ1) is 14.0. The van der Waals surface area contributed by atoms with Gasteiger partial charge in [0.1, 0.15) is 4.83 Å². The molecule has 1 aliphatic rings. The highest BCUT2D eigenvalue weighted by Gasteiger charge is 2.25. The molecular weight excluding hydrogens is 386 g/mol. The van der Waals surface area contributed by atoms with Crippen LogP contribution in [0.1, 0.15) is 53.0 Å². The first-order valence-corrected chi connectivity index (χ1v) is 10.6. The average Bonchev–Trinajstić information content (AvgIpc) is 3.28. The number of esters is 1. The van der Waals surface area contributed by atoms with Crippen molar-refractivity contribution in [3.63, 3.8) is 0 Å². The Labute approximate surface area is 170 Å². The molecule has 0 aliphatic heterocycles. The number of thiophene rings is 1. The van der Waals surface area contributed by atoms with E-state index in [4.69, 9.17) is 4.74 Å². The molecule has 5 rings (SSSR count). The van der Waals surface area contributed by atoms with Crippen molar-refractivity contribution in [3.05, 3.63) is 62.6 Å². The fourth-order valence-corrected chi connectivity index (χ4v) is 5.47. The van der Waals surface area contributed by atoms with Gasteiger partial charge in [-0.05, 0) is 43.7 Å². The summed E-state index contributed by atoms with van der Waals surface area (Å²) in [5.74, 6) is 0.560. The van der Waals surface area contributed by atoms with E-state index in [1.54, 1.807) is 24.5 Å². The van der Waals surface area contributed by atoms with Crippen LogP contribution in [0.25, 0.3) is 21.1 Å². The van der Waals surface area contributed by atoms with E-state index >= 15 is 0 Å². The summed E-state index contributed by atoms with van der Waals surface area (Å²) in [6.45, 7) is 3.97. The van der Waals surface area contributed by atoms with Crippen LogP contribution in [0.4, 0.5) is 0 Å². The predicted octanol–water partition coefficient (Wildman–Crippen LogP) is 4.51. The fourth-order valence-electron chi connectivity index (χ4n) is 4.08. The highest BCUT2D eigenvalue weighted by molar-refractivity contribution is 7.18. The maximum Gasteiger partial charge on any atom is 0.341 e. The van der Waals surface area contributed by atoms with E-state index in [2.05, 4.69) is 21.9 Å². The number of nitrogens with zero attached hydrogens (tertiary/aromatic N) is 1. The number of hydrogen-bond donors (Lipinski definition) is 2. The molecule has 6 nitrogen and oxygen atoms in total. The molecule has 3 heterocycles. The van der Waals surface area contributed by atoms with Crippen molar-refractivity contribution in [2.75, 3.05) is 0 Å². The van der Waals surface area contributed by atoms with E-state index in [9.17, 15) is 9.59 Å². The number of carbonyl (C=O) groups excluding carboxylic acids is 1. The molecule has 148 valence electrons. The standard InChI is InChI=1S/C22H21N3O3S/c1-11-7-8-14-17(9-11)29-21-18(14)20(26)24-19(25-21)12(2)28-22(27)15-10-23-16-6-4-3-5-13(15)16/h3-6,10-12,23H,7-9H2,1-2H3,(H,24,25,26)/t11-,12+/m1/s1. The van der Waals surface area contributed by atoms with E-state index in [0.29, 0.717) is 22.7 Å². The van der Waals surface area contributed by atoms with Crippen molar-refractivity contribution in [2.45, 2.75) is 39.2 Å². The van der Waals surface area contributed by atoms with Crippen molar-refractivity contribution in [2.24, 2.45) is 5.92 Å². The largest absolute Gasteiger partial charge is 0.451 e. The van der Waals surface area contributed by atoms with Crippen LogP contribution in [-0.4, -0.2) is 20.9 Å². The molecule has 2 N–H and O–H groups in total. The lowest BCUT2D eigenvalue weighted by Crippen LogP contribution is -2.18. The molecule has 0 saturated carbocycles. The molecule has 1 aliphatic carbocycles. The minimum Gasteiger partial charge on any atom is -0.451 e. The van der Waals surface area contributed by atoms with Gasteiger partial charge in [0.25, 0.3) is 5.56 Å². The molecule has 7 heteroatoms. The van der Waals surface area contributed by atoms with Gasteiger partial charge in [-0.2, -0.15) is 0 Å². The van der Waals surface area contributed by atoms with Crippen molar-refractivity contribution in [1.29, 1.82) is 0 Å². The van der Waals surface area contributed by atoms with Gasteiger partial charge in [0.05, 0.1) is 10.9 Å². The molecule has 4 aromatic rings. The zero-order valence-corrected chi connectivity index (χ0v) is 17.1. The van der Waals surface area contributed by atoms with Crippen LogP contribution in [0.2, 0.25) is 0 Å². The lowest BCUT2D eigenvalue weighted by molar-refractivity contribution is 0.0322. The second kappa shape index (κ2) is 6.84. The van der Waals surface area contributed by atoms with Gasteiger partial charge in [-0.3, -0.25) is 4.79 Å². The van der Waals surface area contributed by atoms with Gasteiger partial charge in [-0.1, -0.05) is 25.1 Å². The lowest BCUT2D eigenvalue weighted by Gasteiger charge is -2.17. The number of aromatic amines is 2. The summed E-state index contributed by atoms with van der Waals surface area (Å²) in [5, 5.41) is 1.51. The second-order valence-electron chi connectivity index (χ2n) is 7.78. The van der Waals surface area contributed by atoms with Crippen LogP contribution >= 0.6 is 11.3 Å². The average molecular weight is 407 g/mol. The highest BCUT2D eigenvalue weighted by atomic mass is 32.1. The Bertz CT molecular complexity index is 1300. The summed E-state index contributed by atoms with van der Waals surface area (Å²) in [6.07, 6.45) is 4.00. The van der Waals surface area contributed by atoms with E-state index in [1.165, 1.54) is 4.88 Å². The molecule has 3 aromatic heterocycles. The zero-order valence-electron chi connectivity index (χ0n) is 16.2. The topological polar surface area (TPSA) is 87.8 Å². The Morgan fingerprint density at radius 1 is 1.34 bits per heavy atom. The molecule has 1 aromatic carbocycles. The third-order valence-corrected chi connectivity index (χ3v) is 6.81. The first-order valence-electron chi connectivity index (χ1n) is 9.83. The number of nitrogens with one attached hydrogen (secondary N) is 2. The first kappa shape index (κ1) is 18.1. The molecule has 0 amide bonds. The summed E-state index contributed by atoms with van der Waals surface area (Å²) in [6, 6.07) is 7.56. The van der Waals surface area contributed by atoms with Crippen molar-refractivity contribution >= 4 is 38.4 Å². The van der Waals surface area contributed by atoms with Gasteiger partial charge in [-0.25, -0.2) is 9.78 Å². The summed E-state index contributed by atoms with van der Waals surface area (Å²) in [5.41, 5.74) is 2.34. The SMILES string of the molecule is C[C@@H]1CCc2c(sc3nc([C@H](C)OC(=O)c4c[nH]c5ccccc45)[nH]c(=O)c23)C1. The number of fused-ring (bicyclic) bond motifs is 4. The van der Waals surface area contributed by atoms with E-state index in [0.717, 1.165) is 40.6 Å². The summed E-state index contributed by atoms with van der Waals surface area (Å²) < 4.78 is 5.62. The molecule has 0 unspecified atom stereocenters. The van der Waals surface area contributed by atoms with Gasteiger partial charge < -0.3 is 14.7 Å². The van der Waals surface area contributed by atoms with Crippen LogP contribution in [-0.2, 0) is 17.6 Å². The second-order valence-corrected chi connectivity index (χ2v) is 8.86. The quantitative estimate of drug-likeness (QED) is 0.489. The fraction of sp³-hybridized carbons (Fsp3) is 0.318.